The smallest absolute Gasteiger partial charge is 0.390 e. The van der Waals surface area contributed by atoms with Crippen LogP contribution in [-0.2, 0) is 0 Å². The molecule has 2 aliphatic rings. The standard InChI is InChI=1S/C21H26ClF3N2O2.C2H6/c1-2-15-19(8-7-17(22)20(15)28)29-13-14-5-3-4-6-16(14)18-9-11-26-27(18)12-10-21(23,24)25;1-2/h2,7-9,14,16,26,28H,1,3-6,10-13H2;1-2H3. The van der Waals surface area contributed by atoms with Crippen molar-refractivity contribution < 1.29 is 23.0 Å². The zero-order valence-electron chi connectivity index (χ0n) is 18.1. The van der Waals surface area contributed by atoms with Crippen LogP contribution in [0.5, 0.6) is 11.5 Å². The number of phenols is 1. The Balaban J connectivity index is 0.00000166. The van der Waals surface area contributed by atoms with Gasteiger partial charge >= 0.3 is 6.18 Å². The summed E-state index contributed by atoms with van der Waals surface area (Å²) in [5.74, 6) is 0.748. The molecule has 3 rings (SSSR count). The highest BCUT2D eigenvalue weighted by molar-refractivity contribution is 6.32. The first-order valence-electron chi connectivity index (χ1n) is 10.8. The van der Waals surface area contributed by atoms with Gasteiger partial charge in [0, 0.05) is 30.6 Å². The molecule has 1 aliphatic heterocycles. The summed E-state index contributed by atoms with van der Waals surface area (Å²) >= 11 is 5.95. The molecule has 1 fully saturated rings. The molecule has 0 amide bonds. The first-order valence-corrected chi connectivity index (χ1v) is 11.2. The number of benzene rings is 1. The number of allylic oxidation sites excluding steroid dienone is 1. The van der Waals surface area contributed by atoms with Gasteiger partial charge in [0.1, 0.15) is 11.5 Å². The third kappa shape index (κ3) is 6.81. The average Bonchev–Trinajstić information content (AvgIpc) is 3.23. The molecule has 0 aromatic heterocycles. The van der Waals surface area contributed by atoms with Crippen molar-refractivity contribution in [3.63, 3.8) is 0 Å². The van der Waals surface area contributed by atoms with Crippen molar-refractivity contribution in [3.05, 3.63) is 41.1 Å². The molecule has 1 aromatic carbocycles. The van der Waals surface area contributed by atoms with E-state index in [0.717, 1.165) is 31.4 Å². The number of ether oxygens (including phenoxy) is 1. The number of nitrogens with one attached hydrogen (secondary N) is 1. The molecule has 0 saturated heterocycles. The van der Waals surface area contributed by atoms with Crippen molar-refractivity contribution >= 4 is 17.7 Å². The van der Waals surface area contributed by atoms with Gasteiger partial charge in [-0.05, 0) is 31.1 Å². The van der Waals surface area contributed by atoms with Crippen LogP contribution in [0.15, 0.2) is 30.5 Å². The molecule has 4 nitrogen and oxygen atoms in total. The molecule has 1 heterocycles. The maximum Gasteiger partial charge on any atom is 0.390 e. The fraction of sp³-hybridized carbons (Fsp3) is 0.565. The normalized spacial score (nSPS) is 21.2. The van der Waals surface area contributed by atoms with Crippen LogP contribution in [0.4, 0.5) is 13.2 Å². The summed E-state index contributed by atoms with van der Waals surface area (Å²) in [5.41, 5.74) is 4.42. The van der Waals surface area contributed by atoms with E-state index in [-0.39, 0.29) is 29.2 Å². The van der Waals surface area contributed by atoms with Gasteiger partial charge in [-0.25, -0.2) is 5.43 Å². The second-order valence-electron chi connectivity index (χ2n) is 7.48. The number of aromatic hydroxyl groups is 1. The Morgan fingerprint density at radius 3 is 2.68 bits per heavy atom. The first kappa shape index (κ1) is 25.4. The summed E-state index contributed by atoms with van der Waals surface area (Å²) in [6.45, 7) is 8.57. The monoisotopic (exact) mass is 460 g/mol. The Morgan fingerprint density at radius 1 is 1.29 bits per heavy atom. The highest BCUT2D eigenvalue weighted by Crippen LogP contribution is 2.40. The molecule has 1 aliphatic carbocycles. The quantitative estimate of drug-likeness (QED) is 0.484. The molecule has 2 unspecified atom stereocenters. The Bertz CT molecular complexity index is 768. The van der Waals surface area contributed by atoms with Crippen LogP contribution in [-0.4, -0.2) is 36.0 Å². The SMILES string of the molecule is C=Cc1c(OCC2CCCCC2C2=CCNN2CCC(F)(F)F)ccc(Cl)c1O.CC. The van der Waals surface area contributed by atoms with Crippen molar-refractivity contribution in [2.24, 2.45) is 11.8 Å². The minimum atomic E-state index is -4.18. The van der Waals surface area contributed by atoms with Gasteiger partial charge in [0.25, 0.3) is 0 Å². The topological polar surface area (TPSA) is 44.7 Å². The average molecular weight is 461 g/mol. The van der Waals surface area contributed by atoms with Gasteiger partial charge < -0.3 is 14.9 Å². The van der Waals surface area contributed by atoms with E-state index in [2.05, 4.69) is 12.0 Å². The van der Waals surface area contributed by atoms with Crippen LogP contribution >= 0.6 is 11.6 Å². The summed E-state index contributed by atoms with van der Waals surface area (Å²) in [6, 6.07) is 3.27. The zero-order chi connectivity index (χ0) is 23.0. The molecule has 1 aromatic rings. The lowest BCUT2D eigenvalue weighted by atomic mass is 9.77. The number of hydrogen-bond donors (Lipinski definition) is 2. The van der Waals surface area contributed by atoms with E-state index in [1.807, 2.05) is 19.9 Å². The largest absolute Gasteiger partial charge is 0.506 e. The van der Waals surface area contributed by atoms with Crippen molar-refractivity contribution in [2.75, 3.05) is 19.7 Å². The van der Waals surface area contributed by atoms with Gasteiger partial charge in [-0.15, -0.1) is 0 Å². The number of rotatable bonds is 7. The Kier molecular flexibility index (Phi) is 9.56. The van der Waals surface area contributed by atoms with E-state index in [4.69, 9.17) is 16.3 Å². The predicted octanol–water partition coefficient (Wildman–Crippen LogP) is 6.56. The molecule has 31 heavy (non-hydrogen) atoms. The number of nitrogens with zero attached hydrogens (tertiary/aromatic N) is 1. The highest BCUT2D eigenvalue weighted by atomic mass is 35.5. The lowest BCUT2D eigenvalue weighted by molar-refractivity contribution is -0.138. The number of phenolic OH excluding ortho intramolecular Hbond substituents is 1. The van der Waals surface area contributed by atoms with Crippen LogP contribution < -0.4 is 10.2 Å². The van der Waals surface area contributed by atoms with E-state index in [9.17, 15) is 18.3 Å². The minimum Gasteiger partial charge on any atom is -0.506 e. The maximum atomic E-state index is 12.7. The van der Waals surface area contributed by atoms with E-state index in [1.54, 1.807) is 17.1 Å². The predicted molar refractivity (Wildman–Crippen MR) is 119 cm³/mol. The van der Waals surface area contributed by atoms with Crippen LogP contribution in [0.25, 0.3) is 6.08 Å². The lowest BCUT2D eigenvalue weighted by Gasteiger charge is -2.36. The lowest BCUT2D eigenvalue weighted by Crippen LogP contribution is -2.39. The van der Waals surface area contributed by atoms with E-state index in [1.165, 1.54) is 6.08 Å². The zero-order valence-corrected chi connectivity index (χ0v) is 18.9. The Labute approximate surface area is 187 Å². The fourth-order valence-corrected chi connectivity index (χ4v) is 4.30. The molecule has 2 atom stereocenters. The van der Waals surface area contributed by atoms with E-state index >= 15 is 0 Å². The minimum absolute atomic E-state index is 0.0691. The van der Waals surface area contributed by atoms with Crippen molar-refractivity contribution in [3.8, 4) is 11.5 Å². The van der Waals surface area contributed by atoms with Gasteiger partial charge in [-0.1, -0.05) is 50.9 Å². The number of halogens is 4. The number of hydrogen-bond acceptors (Lipinski definition) is 4. The summed E-state index contributed by atoms with van der Waals surface area (Å²) in [5, 5.41) is 12.0. The maximum absolute atomic E-state index is 12.7. The third-order valence-corrected chi connectivity index (χ3v) is 5.90. The second kappa shape index (κ2) is 11.7. The second-order valence-corrected chi connectivity index (χ2v) is 7.89. The molecule has 0 spiro atoms. The number of alkyl halides is 3. The molecule has 0 radical (unpaired) electrons. The van der Waals surface area contributed by atoms with Crippen LogP contribution in [0, 0.1) is 11.8 Å². The van der Waals surface area contributed by atoms with Crippen molar-refractivity contribution in [1.29, 1.82) is 0 Å². The van der Waals surface area contributed by atoms with Crippen molar-refractivity contribution in [1.82, 2.24) is 10.4 Å². The van der Waals surface area contributed by atoms with Gasteiger partial charge in [0.2, 0.25) is 0 Å². The van der Waals surface area contributed by atoms with Crippen LogP contribution in [0.2, 0.25) is 5.02 Å². The van der Waals surface area contributed by atoms with E-state index < -0.39 is 12.6 Å². The first-order chi connectivity index (χ1) is 14.8. The molecule has 174 valence electrons. The van der Waals surface area contributed by atoms with Crippen LogP contribution in [0.1, 0.15) is 51.5 Å². The summed E-state index contributed by atoms with van der Waals surface area (Å²) in [6.07, 6.45) is 2.43. The molecule has 0 bridgehead atoms. The summed E-state index contributed by atoms with van der Waals surface area (Å²) in [4.78, 5) is 0. The molecular formula is C23H32ClF3N2O2. The van der Waals surface area contributed by atoms with Gasteiger partial charge in [0.05, 0.1) is 23.6 Å². The van der Waals surface area contributed by atoms with Crippen LogP contribution in [0.3, 0.4) is 0 Å². The van der Waals surface area contributed by atoms with Gasteiger partial charge in [0.15, 0.2) is 0 Å². The number of hydrazine groups is 1. The Hall–Kier alpha value is -1.86. The summed E-state index contributed by atoms with van der Waals surface area (Å²) in [7, 11) is 0. The van der Waals surface area contributed by atoms with Gasteiger partial charge in [-0.2, -0.15) is 13.2 Å². The molecule has 1 saturated carbocycles. The highest BCUT2D eigenvalue weighted by Gasteiger charge is 2.35. The van der Waals surface area contributed by atoms with E-state index in [0.29, 0.717) is 24.5 Å². The molecule has 8 heteroatoms. The van der Waals surface area contributed by atoms with Gasteiger partial charge in [-0.3, -0.25) is 0 Å². The third-order valence-electron chi connectivity index (χ3n) is 5.60. The fourth-order valence-electron chi connectivity index (χ4n) is 4.14. The molecule has 2 N–H and O–H groups in total. The van der Waals surface area contributed by atoms with Crippen molar-refractivity contribution in [2.45, 2.75) is 52.1 Å². The summed E-state index contributed by atoms with van der Waals surface area (Å²) < 4.78 is 44.0. The molecular weight excluding hydrogens is 429 g/mol. The Morgan fingerprint density at radius 2 is 2.00 bits per heavy atom.